The molecule has 0 saturated carbocycles. The summed E-state index contributed by atoms with van der Waals surface area (Å²) in [5.74, 6) is 0. The Morgan fingerprint density at radius 3 is 2.75 bits per heavy atom. The van der Waals surface area contributed by atoms with E-state index in [1.807, 2.05) is 0 Å². The molecular weight excluding hydrogens is 109 g/mol. The Morgan fingerprint density at radius 2 is 2.75 bits per heavy atom. The van der Waals surface area contributed by atoms with Crippen LogP contribution in [-0.2, 0) is 22.9 Å². The summed E-state index contributed by atoms with van der Waals surface area (Å²) in [5.41, 5.74) is 0. The first kappa shape index (κ1) is 2.88. The van der Waals surface area contributed by atoms with Gasteiger partial charge in [-0.25, -0.2) is 0 Å². The van der Waals surface area contributed by atoms with Crippen molar-refractivity contribution in [2.24, 2.45) is 0 Å². The lowest BCUT2D eigenvalue weighted by Crippen LogP contribution is -1.09. The van der Waals surface area contributed by atoms with E-state index >= 15 is 0 Å². The van der Waals surface area contributed by atoms with Gasteiger partial charge in [-0.15, -0.1) is 0 Å². The first-order valence-corrected chi connectivity index (χ1v) is 3.90. The third-order valence-electron chi connectivity index (χ3n) is 0.0373. The second-order valence-corrected chi connectivity index (χ2v) is 2.83. The van der Waals surface area contributed by atoms with E-state index in [4.69, 9.17) is 5.90 Å². The van der Waals surface area contributed by atoms with E-state index in [1.165, 1.54) is 0 Å². The van der Waals surface area contributed by atoms with Gasteiger partial charge in [-0.1, -0.05) is 11.1 Å². The molecule has 1 atom stereocenters. The minimum Gasteiger partial charge on any atom is -0.274 e. The van der Waals surface area contributed by atoms with Crippen LogP contribution in [0.5, 0.6) is 0 Å². The highest BCUT2D eigenvalue weighted by molar-refractivity contribution is 8.42. The fraction of sp³-hybridized carbons (Fsp3) is 0. The molecule has 4 heteroatoms. The molecule has 0 radical (unpaired) electrons. The molecular formula is H2NPS2. The van der Waals surface area contributed by atoms with Crippen molar-refractivity contribution >= 4 is 29.4 Å². The molecule has 1 nitrogen and oxygen atoms in total. The molecule has 0 saturated heterocycles. The van der Waals surface area contributed by atoms with Gasteiger partial charge in [-0.3, -0.25) is 4.78 Å². The summed E-state index contributed by atoms with van der Waals surface area (Å²) in [6.07, 6.45) is 0. The van der Waals surface area contributed by atoms with Gasteiger partial charge in [0, 0.05) is 0 Å². The summed E-state index contributed by atoms with van der Waals surface area (Å²) in [4.78, 5) is 0. The summed E-state index contributed by atoms with van der Waals surface area (Å²) in [6.45, 7) is 0.441. The van der Waals surface area contributed by atoms with Gasteiger partial charge in [0.15, 0.2) is 0 Å². The van der Waals surface area contributed by atoms with E-state index in [2.05, 4.69) is 11.8 Å². The summed E-state index contributed by atoms with van der Waals surface area (Å²) < 4.78 is 12.8. The van der Waals surface area contributed by atoms with Gasteiger partial charge in [0.25, 0.3) is 0 Å². The van der Waals surface area contributed by atoms with E-state index in [9.17, 15) is 0 Å². The molecule has 0 amide bonds. The molecule has 4 heavy (non-hydrogen) atoms. The lowest BCUT2D eigenvalue weighted by molar-refractivity contribution is 1.67. The fourth-order valence-corrected chi connectivity index (χ4v) is 0. The number of hydrogen-bond donors (Lipinski definition) is 2. The SMILES string of the molecule is [3H]S(=N)P=S. The Kier molecular flexibility index (Phi) is 2.65. The Hall–Kier alpha value is 0.670. The lowest BCUT2D eigenvalue weighted by atomic mass is 14.0. The average molecular weight is 113 g/mol. The van der Waals surface area contributed by atoms with Crippen molar-refractivity contribution in [3.63, 3.8) is 0 Å². The largest absolute Gasteiger partial charge is 0.274 e. The molecule has 1 N–H and O–H groups in total. The third-order valence-corrected chi connectivity index (χ3v) is 1.01. The van der Waals surface area contributed by atoms with Crippen molar-refractivity contribution in [1.29, 1.82) is 5.90 Å². The van der Waals surface area contributed by atoms with Crippen LogP contribution in [0.25, 0.3) is 0 Å². The van der Waals surface area contributed by atoms with Gasteiger partial charge in [-0.2, -0.15) is 0 Å². The molecule has 0 bridgehead atoms. The van der Waals surface area contributed by atoms with Gasteiger partial charge in [0.1, 0.15) is 1.12 Å². The summed E-state index contributed by atoms with van der Waals surface area (Å²) in [5, 5.41) is 0. The van der Waals surface area contributed by atoms with Crippen molar-refractivity contribution in [2.75, 3.05) is 0 Å². The van der Waals surface area contributed by atoms with Gasteiger partial charge in [0.2, 0.25) is 0 Å². The zero-order valence-corrected chi connectivity index (χ0v) is 4.29. The average Bonchev–Trinajstić information content (AvgIpc) is 1.38. The van der Waals surface area contributed by atoms with Crippen molar-refractivity contribution < 1.29 is 0 Å². The number of thiol groups is 1. The molecule has 0 aliphatic carbocycles. The maximum Gasteiger partial charge on any atom is 0.126 e. The molecule has 1 unspecified atom stereocenters. The van der Waals surface area contributed by atoms with Crippen LogP contribution < -0.4 is 0 Å². The fourth-order valence-electron chi connectivity index (χ4n) is 0. The predicted octanol–water partition coefficient (Wildman–Crippen LogP) is 0.887. The molecule has 0 aliphatic rings. The first-order chi connectivity index (χ1) is 2.27. The smallest absolute Gasteiger partial charge is 0.126 e. The van der Waals surface area contributed by atoms with Crippen LogP contribution >= 0.6 is 6.56 Å². The highest BCUT2D eigenvalue weighted by Gasteiger charge is 1.34. The summed E-state index contributed by atoms with van der Waals surface area (Å²) in [6, 6.07) is 0. The van der Waals surface area contributed by atoms with Crippen LogP contribution in [-0.4, -0.2) is 1.12 Å². The Balaban J connectivity index is 3.20. The predicted molar refractivity (Wildman–Crippen MR) is 25.8 cm³/mol. The Labute approximate surface area is 36.0 Å². The minimum absolute atomic E-state index is 0.441. The van der Waals surface area contributed by atoms with E-state index in [0.717, 1.165) is 0 Å². The van der Waals surface area contributed by atoms with Gasteiger partial charge >= 0.3 is 0 Å². The molecule has 0 fully saturated rings. The molecule has 0 aromatic rings. The zero-order valence-electron chi connectivity index (χ0n) is 2.76. The van der Waals surface area contributed by atoms with Crippen molar-refractivity contribution in [3.8, 4) is 0 Å². The maximum absolute atomic E-state index is 6.40. The highest BCUT2D eigenvalue weighted by atomic mass is 32.9. The Bertz CT molecular complexity index is 60.7. The monoisotopic (exact) mass is 113 g/mol. The maximum atomic E-state index is 6.40. The van der Waals surface area contributed by atoms with Crippen molar-refractivity contribution in [3.05, 3.63) is 0 Å². The van der Waals surface area contributed by atoms with Crippen molar-refractivity contribution in [1.82, 2.24) is 0 Å². The second kappa shape index (κ2) is 3.67. The second-order valence-electron chi connectivity index (χ2n) is 0.166. The standard InChI is InChI=1S/H2NPS2/c1-4-2-3/h1,4H/i4T. The topological polar surface area (TPSA) is 23.9 Å². The molecule has 0 rings (SSSR count). The normalized spacial score (nSPS) is 19.5. The van der Waals surface area contributed by atoms with E-state index in [1.54, 1.807) is 0 Å². The Morgan fingerprint density at radius 1 is 2.50 bits per heavy atom. The number of nitrogens with one attached hydrogen (secondary N) is 1. The molecule has 24 valence electrons. The van der Waals surface area contributed by atoms with Gasteiger partial charge in [-0.05, 0) is 11.8 Å². The van der Waals surface area contributed by atoms with Crippen LogP contribution in [0.2, 0.25) is 0 Å². The lowest BCUT2D eigenvalue weighted by Gasteiger charge is -1.41. The molecule has 0 aliphatic heterocycles. The molecule has 0 aromatic heterocycles. The van der Waals surface area contributed by atoms with Crippen molar-refractivity contribution in [2.45, 2.75) is 0 Å². The molecule has 0 heterocycles. The van der Waals surface area contributed by atoms with Crippen LogP contribution in [0.1, 0.15) is 0 Å². The molecule has 0 spiro atoms. The zero-order chi connectivity index (χ0) is 4.28. The summed E-state index contributed by atoms with van der Waals surface area (Å²) >= 11 is 3.25. The van der Waals surface area contributed by atoms with Crippen LogP contribution in [0.3, 0.4) is 0 Å². The minimum atomic E-state index is -1.04. The molecule has 0 aromatic carbocycles. The van der Waals surface area contributed by atoms with E-state index < -0.39 is 11.1 Å². The van der Waals surface area contributed by atoms with Gasteiger partial charge in [0.05, 0.1) is 6.56 Å². The first-order valence-electron chi connectivity index (χ1n) is 0.978. The summed E-state index contributed by atoms with van der Waals surface area (Å²) in [7, 11) is 0. The number of hydrogen-bond acceptors (Lipinski definition) is 2. The van der Waals surface area contributed by atoms with Crippen LogP contribution in [0.15, 0.2) is 0 Å². The van der Waals surface area contributed by atoms with Gasteiger partial charge < -0.3 is 0 Å². The quantitative estimate of drug-likeness (QED) is 0.383. The highest BCUT2D eigenvalue weighted by Crippen LogP contribution is 1.80. The third kappa shape index (κ3) is 2.67. The number of rotatable bonds is 1. The van der Waals surface area contributed by atoms with E-state index in [-0.39, 0.29) is 0 Å². The van der Waals surface area contributed by atoms with E-state index in [0.29, 0.717) is 6.56 Å². The van der Waals surface area contributed by atoms with Crippen LogP contribution in [0.4, 0.5) is 0 Å². The van der Waals surface area contributed by atoms with Crippen LogP contribution in [0, 0.1) is 4.78 Å².